The number of aliphatic hydroxyl groups is 1. The maximum absolute atomic E-state index is 11.5. The van der Waals surface area contributed by atoms with Crippen molar-refractivity contribution < 1.29 is 9.52 Å². The van der Waals surface area contributed by atoms with Crippen LogP contribution in [-0.2, 0) is 7.05 Å². The van der Waals surface area contributed by atoms with E-state index in [2.05, 4.69) is 0 Å². The van der Waals surface area contributed by atoms with E-state index in [9.17, 15) is 9.90 Å². The Kier molecular flexibility index (Phi) is 3.09. The average Bonchev–Trinajstić information content (AvgIpc) is 2.81. The maximum Gasteiger partial charge on any atom is 0.419 e. The van der Waals surface area contributed by atoms with Gasteiger partial charge >= 0.3 is 5.76 Å². The van der Waals surface area contributed by atoms with Gasteiger partial charge < -0.3 is 9.52 Å². The van der Waals surface area contributed by atoms with Crippen molar-refractivity contribution in [3.63, 3.8) is 0 Å². The van der Waals surface area contributed by atoms with E-state index >= 15 is 0 Å². The molecule has 5 heteroatoms. The summed E-state index contributed by atoms with van der Waals surface area (Å²) in [6.07, 6.45) is -0.840. The molecule has 1 atom stereocenters. The second-order valence-electron chi connectivity index (χ2n) is 4.79. The molecule has 0 bridgehead atoms. The van der Waals surface area contributed by atoms with Gasteiger partial charge in [-0.3, -0.25) is 4.57 Å². The number of rotatable bonds is 2. The molecule has 1 heterocycles. The molecule has 2 aromatic carbocycles. The van der Waals surface area contributed by atoms with Gasteiger partial charge in [0, 0.05) is 7.05 Å². The first-order valence-corrected chi connectivity index (χ1v) is 6.38. The molecular formula is C16H12N2O3. The van der Waals surface area contributed by atoms with E-state index in [1.807, 2.05) is 6.07 Å². The smallest absolute Gasteiger partial charge is 0.408 e. The third-order valence-corrected chi connectivity index (χ3v) is 3.49. The highest BCUT2D eigenvalue weighted by Crippen LogP contribution is 2.25. The van der Waals surface area contributed by atoms with E-state index in [1.54, 1.807) is 49.5 Å². The van der Waals surface area contributed by atoms with Gasteiger partial charge in [-0.1, -0.05) is 18.2 Å². The maximum atomic E-state index is 11.5. The summed E-state index contributed by atoms with van der Waals surface area (Å²) in [5, 5.41) is 19.2. The van der Waals surface area contributed by atoms with Crippen molar-refractivity contribution in [2.45, 2.75) is 6.10 Å². The van der Waals surface area contributed by atoms with Crippen LogP contribution in [0.15, 0.2) is 51.7 Å². The van der Waals surface area contributed by atoms with E-state index in [0.717, 1.165) is 0 Å². The summed E-state index contributed by atoms with van der Waals surface area (Å²) >= 11 is 0. The van der Waals surface area contributed by atoms with E-state index in [-0.39, 0.29) is 0 Å². The molecule has 104 valence electrons. The topological polar surface area (TPSA) is 79.2 Å². The average molecular weight is 280 g/mol. The van der Waals surface area contributed by atoms with Gasteiger partial charge in [0.1, 0.15) is 6.10 Å². The molecule has 0 aliphatic rings. The summed E-state index contributed by atoms with van der Waals surface area (Å²) in [4.78, 5) is 11.5. The van der Waals surface area contributed by atoms with Crippen LogP contribution in [0, 0.1) is 11.3 Å². The number of aliphatic hydroxyl groups excluding tert-OH is 1. The summed E-state index contributed by atoms with van der Waals surface area (Å²) in [6.45, 7) is 0. The highest BCUT2D eigenvalue weighted by Gasteiger charge is 2.13. The lowest BCUT2D eigenvalue weighted by molar-refractivity contribution is 0.220. The first-order chi connectivity index (χ1) is 10.1. The standard InChI is InChI=1S/C16H12N2O3/c1-18-13-7-6-12(8-14(13)21-16(18)20)15(19)11-4-2-10(9-17)3-5-11/h2-8,15,19H,1H3. The zero-order chi connectivity index (χ0) is 15.0. The Labute approximate surface area is 120 Å². The zero-order valence-corrected chi connectivity index (χ0v) is 11.3. The molecule has 1 unspecified atom stereocenters. The SMILES string of the molecule is Cn1c(=O)oc2cc(C(O)c3ccc(C#N)cc3)ccc21. The molecule has 0 radical (unpaired) electrons. The van der Waals surface area contributed by atoms with Gasteiger partial charge in [0.05, 0.1) is 17.1 Å². The zero-order valence-electron chi connectivity index (χ0n) is 11.3. The molecule has 3 aromatic rings. The van der Waals surface area contributed by atoms with Crippen LogP contribution in [0.5, 0.6) is 0 Å². The number of aryl methyl sites for hydroxylation is 1. The third-order valence-electron chi connectivity index (χ3n) is 3.49. The fourth-order valence-corrected chi connectivity index (χ4v) is 2.25. The minimum Gasteiger partial charge on any atom is -0.408 e. The van der Waals surface area contributed by atoms with Crippen LogP contribution in [0.1, 0.15) is 22.8 Å². The summed E-state index contributed by atoms with van der Waals surface area (Å²) in [7, 11) is 1.63. The first-order valence-electron chi connectivity index (χ1n) is 6.38. The molecule has 0 fully saturated rings. The van der Waals surface area contributed by atoms with Crippen LogP contribution in [0.2, 0.25) is 0 Å². The molecule has 0 saturated heterocycles. The fraction of sp³-hybridized carbons (Fsp3) is 0.125. The van der Waals surface area contributed by atoms with Crippen LogP contribution in [0.4, 0.5) is 0 Å². The highest BCUT2D eigenvalue weighted by molar-refractivity contribution is 5.74. The summed E-state index contributed by atoms with van der Waals surface area (Å²) in [5.41, 5.74) is 2.95. The number of fused-ring (bicyclic) bond motifs is 1. The molecule has 0 amide bonds. The quantitative estimate of drug-likeness (QED) is 0.779. The van der Waals surface area contributed by atoms with Gasteiger partial charge in [-0.25, -0.2) is 4.79 Å². The lowest BCUT2D eigenvalue weighted by Gasteiger charge is -2.11. The number of oxazole rings is 1. The van der Waals surface area contributed by atoms with Crippen molar-refractivity contribution in [3.05, 3.63) is 69.7 Å². The van der Waals surface area contributed by atoms with Gasteiger partial charge in [-0.15, -0.1) is 0 Å². The largest absolute Gasteiger partial charge is 0.419 e. The number of aromatic nitrogens is 1. The Morgan fingerprint density at radius 2 is 1.86 bits per heavy atom. The van der Waals surface area contributed by atoms with Gasteiger partial charge in [-0.2, -0.15) is 5.26 Å². The lowest BCUT2D eigenvalue weighted by atomic mass is 10.0. The van der Waals surface area contributed by atoms with E-state index < -0.39 is 11.9 Å². The van der Waals surface area contributed by atoms with Crippen molar-refractivity contribution in [2.75, 3.05) is 0 Å². The monoisotopic (exact) mass is 280 g/mol. The minimum absolute atomic E-state index is 0.435. The van der Waals surface area contributed by atoms with Crippen molar-refractivity contribution in [3.8, 4) is 6.07 Å². The second-order valence-corrected chi connectivity index (χ2v) is 4.79. The predicted octanol–water partition coefficient (Wildman–Crippen LogP) is 2.08. The van der Waals surface area contributed by atoms with Gasteiger partial charge in [0.15, 0.2) is 5.58 Å². The third kappa shape index (κ3) is 2.22. The van der Waals surface area contributed by atoms with Crippen LogP contribution < -0.4 is 5.76 Å². The predicted molar refractivity (Wildman–Crippen MR) is 76.7 cm³/mol. The molecule has 5 nitrogen and oxygen atoms in total. The number of hydrogen-bond donors (Lipinski definition) is 1. The fourth-order valence-electron chi connectivity index (χ4n) is 2.25. The number of nitriles is 1. The first kappa shape index (κ1) is 13.2. The molecule has 1 N–H and O–H groups in total. The minimum atomic E-state index is -0.840. The molecule has 21 heavy (non-hydrogen) atoms. The summed E-state index contributed by atoms with van der Waals surface area (Å²) < 4.78 is 6.53. The van der Waals surface area contributed by atoms with E-state index in [1.165, 1.54) is 4.57 Å². The van der Waals surface area contributed by atoms with Gasteiger partial charge in [0.25, 0.3) is 0 Å². The molecule has 3 rings (SSSR count). The highest BCUT2D eigenvalue weighted by atomic mass is 16.4. The van der Waals surface area contributed by atoms with E-state index in [0.29, 0.717) is 27.8 Å². The van der Waals surface area contributed by atoms with E-state index in [4.69, 9.17) is 9.68 Å². The van der Waals surface area contributed by atoms with Crippen LogP contribution in [0.25, 0.3) is 11.1 Å². The molecule has 1 aromatic heterocycles. The Morgan fingerprint density at radius 1 is 1.19 bits per heavy atom. The summed E-state index contributed by atoms with van der Waals surface area (Å²) in [5.74, 6) is -0.435. The lowest BCUT2D eigenvalue weighted by Crippen LogP contribution is -2.08. The molecular weight excluding hydrogens is 268 g/mol. The molecule has 0 spiro atoms. The normalized spacial score (nSPS) is 12.2. The van der Waals surface area contributed by atoms with Gasteiger partial charge in [-0.05, 0) is 35.4 Å². The number of hydrogen-bond acceptors (Lipinski definition) is 4. The second kappa shape index (κ2) is 4.93. The van der Waals surface area contributed by atoms with Crippen molar-refractivity contribution in [2.24, 2.45) is 7.05 Å². The van der Waals surface area contributed by atoms with Crippen molar-refractivity contribution in [1.82, 2.24) is 4.57 Å². The Balaban J connectivity index is 2.02. The van der Waals surface area contributed by atoms with Crippen LogP contribution in [-0.4, -0.2) is 9.67 Å². The van der Waals surface area contributed by atoms with Crippen LogP contribution >= 0.6 is 0 Å². The molecule has 0 aliphatic carbocycles. The molecule has 0 saturated carbocycles. The van der Waals surface area contributed by atoms with Crippen LogP contribution in [0.3, 0.4) is 0 Å². The summed E-state index contributed by atoms with van der Waals surface area (Å²) in [6, 6.07) is 13.9. The number of benzene rings is 2. The Hall–Kier alpha value is -2.84. The van der Waals surface area contributed by atoms with Gasteiger partial charge in [0.2, 0.25) is 0 Å². The molecule has 0 aliphatic heterocycles. The van der Waals surface area contributed by atoms with Crippen molar-refractivity contribution >= 4 is 11.1 Å². The Bertz CT molecular complexity index is 898. The van der Waals surface area contributed by atoms with Crippen molar-refractivity contribution in [1.29, 1.82) is 5.26 Å². The number of nitrogens with zero attached hydrogens (tertiary/aromatic N) is 2. The Morgan fingerprint density at radius 3 is 2.52 bits per heavy atom.